The van der Waals surface area contributed by atoms with Crippen molar-refractivity contribution in [1.82, 2.24) is 5.32 Å². The van der Waals surface area contributed by atoms with Crippen LogP contribution in [0.1, 0.15) is 39.0 Å². The number of hydrogen-bond acceptors (Lipinski definition) is 1. The Kier molecular flexibility index (Phi) is 13.4. The van der Waals surface area contributed by atoms with Crippen LogP contribution in [0.25, 0.3) is 0 Å². The van der Waals surface area contributed by atoms with Gasteiger partial charge in [-0.3, -0.25) is 4.79 Å². The Morgan fingerprint density at radius 1 is 1.50 bits per heavy atom. The minimum atomic E-state index is -0.129. The smallest absolute Gasteiger partial charge is 0.380 e. The molecule has 0 saturated carbocycles. The quantitative estimate of drug-likeness (QED) is 0.257. The molecular formula is C11H20NNaO. The van der Waals surface area contributed by atoms with E-state index in [2.05, 4.69) is 25.7 Å². The minimum absolute atomic E-state index is 0. The molecule has 1 amide bonds. The van der Waals surface area contributed by atoms with Crippen molar-refractivity contribution in [2.24, 2.45) is 0 Å². The number of rotatable bonds is 7. The molecule has 1 unspecified atom stereocenters. The molecule has 0 aliphatic rings. The molecule has 0 bridgehead atoms. The van der Waals surface area contributed by atoms with E-state index >= 15 is 0 Å². The van der Waals surface area contributed by atoms with E-state index in [4.69, 9.17) is 0 Å². The van der Waals surface area contributed by atoms with Crippen molar-refractivity contribution in [3.8, 4) is 0 Å². The average Bonchev–Trinajstić information content (AvgIpc) is 2.12. The maximum absolute atomic E-state index is 10.8. The number of hydrogen-bond donors (Lipinski definition) is 1. The van der Waals surface area contributed by atoms with Crippen LogP contribution in [-0.2, 0) is 4.79 Å². The van der Waals surface area contributed by atoms with Gasteiger partial charge in [0.1, 0.15) is 0 Å². The zero-order valence-electron chi connectivity index (χ0n) is 9.51. The third-order valence-electron chi connectivity index (χ3n) is 1.94. The van der Waals surface area contributed by atoms with Crippen LogP contribution in [0.4, 0.5) is 0 Å². The zero-order chi connectivity index (χ0) is 10.1. The van der Waals surface area contributed by atoms with Gasteiger partial charge in [0.05, 0.1) is 0 Å². The first-order valence-corrected chi connectivity index (χ1v) is 4.96. The molecule has 0 aromatic rings. The van der Waals surface area contributed by atoms with Crippen LogP contribution < -0.4 is 34.9 Å². The van der Waals surface area contributed by atoms with Gasteiger partial charge >= 0.3 is 29.6 Å². The number of amides is 1. The van der Waals surface area contributed by atoms with E-state index in [1.807, 2.05) is 0 Å². The van der Waals surface area contributed by atoms with Crippen molar-refractivity contribution >= 4 is 5.91 Å². The summed E-state index contributed by atoms with van der Waals surface area (Å²) in [6.07, 6.45) is 7.11. The number of carbonyl (C=O) groups excluding carboxylic acids is 1. The maximum atomic E-state index is 10.8. The summed E-state index contributed by atoms with van der Waals surface area (Å²) in [5.74, 6) is -0.129. The van der Waals surface area contributed by atoms with Crippen LogP contribution in [0.15, 0.2) is 12.7 Å². The predicted octanol–water partition coefficient (Wildman–Crippen LogP) is -0.534. The van der Waals surface area contributed by atoms with Crippen LogP contribution in [-0.4, -0.2) is 11.9 Å². The van der Waals surface area contributed by atoms with Crippen molar-refractivity contribution < 1.29 is 34.4 Å². The summed E-state index contributed by atoms with van der Waals surface area (Å²) in [4.78, 5) is 10.8. The Balaban J connectivity index is 0. The van der Waals surface area contributed by atoms with Gasteiger partial charge < -0.3 is 12.2 Å². The van der Waals surface area contributed by atoms with Gasteiger partial charge in [-0.05, 0) is 6.08 Å². The van der Waals surface area contributed by atoms with Crippen molar-refractivity contribution in [2.75, 3.05) is 0 Å². The first-order chi connectivity index (χ1) is 6.20. The van der Waals surface area contributed by atoms with Gasteiger partial charge in [0.2, 0.25) is 5.91 Å². The molecule has 14 heavy (non-hydrogen) atoms. The molecule has 0 saturated heterocycles. The minimum Gasteiger partial charge on any atom is -0.380 e. The molecule has 0 aliphatic heterocycles. The summed E-state index contributed by atoms with van der Waals surface area (Å²) in [5.41, 5.74) is 0. The van der Waals surface area contributed by atoms with E-state index in [-0.39, 0.29) is 41.5 Å². The molecule has 0 radical (unpaired) electrons. The summed E-state index contributed by atoms with van der Waals surface area (Å²) < 4.78 is 0. The molecule has 1 N–H and O–H groups in total. The van der Waals surface area contributed by atoms with Gasteiger partial charge in [0.15, 0.2) is 0 Å². The monoisotopic (exact) mass is 205 g/mol. The fourth-order valence-electron chi connectivity index (χ4n) is 1.15. The fourth-order valence-corrected chi connectivity index (χ4v) is 1.15. The second kappa shape index (κ2) is 11.3. The van der Waals surface area contributed by atoms with Crippen LogP contribution >= 0.6 is 0 Å². The second-order valence-corrected chi connectivity index (χ2v) is 3.26. The molecule has 0 aliphatic carbocycles. The Morgan fingerprint density at radius 2 is 2.14 bits per heavy atom. The summed E-state index contributed by atoms with van der Waals surface area (Å²) in [6.45, 7) is 9.41. The molecule has 3 heteroatoms. The maximum Gasteiger partial charge on any atom is 1.00 e. The first-order valence-electron chi connectivity index (χ1n) is 4.96. The van der Waals surface area contributed by atoms with E-state index in [0.29, 0.717) is 0 Å². The summed E-state index contributed by atoms with van der Waals surface area (Å²) in [5, 5.41) is 2.74. The Morgan fingerprint density at radius 3 is 2.64 bits per heavy atom. The summed E-state index contributed by atoms with van der Waals surface area (Å²) in [7, 11) is 0. The average molecular weight is 205 g/mol. The van der Waals surface area contributed by atoms with Gasteiger partial charge in [0.25, 0.3) is 0 Å². The van der Waals surface area contributed by atoms with Gasteiger partial charge in [-0.1, -0.05) is 51.6 Å². The fraction of sp³-hybridized carbons (Fsp3) is 0.636. The van der Waals surface area contributed by atoms with E-state index in [1.54, 1.807) is 0 Å². The SMILES string of the molecule is C=CC(=O)NC([CH2-])CCCCCC.[Na+]. The first kappa shape index (κ1) is 16.6. The summed E-state index contributed by atoms with van der Waals surface area (Å²) in [6, 6.07) is 0.0300. The van der Waals surface area contributed by atoms with Crippen molar-refractivity contribution in [3.63, 3.8) is 0 Å². The van der Waals surface area contributed by atoms with Crippen molar-refractivity contribution in [3.05, 3.63) is 19.6 Å². The predicted molar refractivity (Wildman–Crippen MR) is 56.2 cm³/mol. The molecule has 0 rings (SSSR count). The molecule has 76 valence electrons. The molecule has 1 atom stereocenters. The molecule has 0 fully saturated rings. The third kappa shape index (κ3) is 10.3. The van der Waals surface area contributed by atoms with Crippen LogP contribution in [0.5, 0.6) is 0 Å². The van der Waals surface area contributed by atoms with Crippen molar-refractivity contribution in [1.29, 1.82) is 0 Å². The van der Waals surface area contributed by atoms with Crippen molar-refractivity contribution in [2.45, 2.75) is 45.1 Å². The van der Waals surface area contributed by atoms with Gasteiger partial charge in [-0.2, -0.15) is 0 Å². The standard InChI is InChI=1S/C11H20NO.Na/c1-4-6-7-8-9-10(3)12-11(13)5-2;/h5,10H,2-4,6-9H2,1H3,(H,12,13);/q-1;+1. The Labute approximate surface area is 110 Å². The third-order valence-corrected chi connectivity index (χ3v) is 1.94. The number of carbonyl (C=O) groups is 1. The van der Waals surface area contributed by atoms with E-state index in [9.17, 15) is 4.79 Å². The molecule has 0 aromatic heterocycles. The van der Waals surface area contributed by atoms with E-state index in [1.165, 1.54) is 25.3 Å². The normalized spacial score (nSPS) is 11.3. The number of unbranched alkanes of at least 4 members (excludes halogenated alkanes) is 3. The van der Waals surface area contributed by atoms with Gasteiger partial charge in [-0.15, -0.1) is 0 Å². The summed E-state index contributed by atoms with van der Waals surface area (Å²) >= 11 is 0. The van der Waals surface area contributed by atoms with Crippen LogP contribution in [0, 0.1) is 6.92 Å². The second-order valence-electron chi connectivity index (χ2n) is 3.26. The van der Waals surface area contributed by atoms with Gasteiger partial charge in [0, 0.05) is 0 Å². The molecule has 2 nitrogen and oxygen atoms in total. The van der Waals surface area contributed by atoms with Crippen LogP contribution in [0.3, 0.4) is 0 Å². The molecule has 0 heterocycles. The topological polar surface area (TPSA) is 29.1 Å². The molecule has 0 spiro atoms. The van der Waals surface area contributed by atoms with E-state index in [0.717, 1.165) is 12.8 Å². The largest absolute Gasteiger partial charge is 1.00 e. The van der Waals surface area contributed by atoms with E-state index < -0.39 is 0 Å². The zero-order valence-corrected chi connectivity index (χ0v) is 11.5. The number of nitrogens with one attached hydrogen (secondary N) is 1. The molecule has 0 aromatic carbocycles. The van der Waals surface area contributed by atoms with Gasteiger partial charge in [-0.25, -0.2) is 0 Å². The van der Waals surface area contributed by atoms with Crippen LogP contribution in [0.2, 0.25) is 0 Å². The molecular weight excluding hydrogens is 185 g/mol. The Bertz CT molecular complexity index is 159. The Hall–Kier alpha value is 0.210.